The third-order valence-electron chi connectivity index (χ3n) is 2.04. The maximum atomic E-state index is 10.3. The molecule has 0 aliphatic heterocycles. The molecule has 6 heteroatoms. The second kappa shape index (κ2) is 10.0. The number of hydrogen-bond donors (Lipinski definition) is 2. The standard InChI is InChI=1S/C9H20IO4P/c10-8-6-4-2-1-3-5-7-9-14-15(11,12)13/h1-9H2,(H2,11,12,13). The predicted molar refractivity (Wildman–Crippen MR) is 69.2 cm³/mol. The molecule has 0 spiro atoms. The van der Waals surface area contributed by atoms with Crippen molar-refractivity contribution in [3.05, 3.63) is 0 Å². The number of unbranched alkanes of at least 4 members (excludes halogenated alkanes) is 6. The fourth-order valence-corrected chi connectivity index (χ4v) is 2.17. The summed E-state index contributed by atoms with van der Waals surface area (Å²) in [5, 5.41) is 0. The number of halogens is 1. The molecule has 0 unspecified atom stereocenters. The Hall–Kier alpha value is 0.840. The Morgan fingerprint density at radius 3 is 1.87 bits per heavy atom. The van der Waals surface area contributed by atoms with E-state index < -0.39 is 7.82 Å². The van der Waals surface area contributed by atoms with Crippen LogP contribution in [0.1, 0.15) is 44.9 Å². The van der Waals surface area contributed by atoms with E-state index in [9.17, 15) is 4.57 Å². The number of phosphoric ester groups is 1. The van der Waals surface area contributed by atoms with E-state index >= 15 is 0 Å². The van der Waals surface area contributed by atoms with Gasteiger partial charge in [-0.2, -0.15) is 0 Å². The molecule has 0 bridgehead atoms. The Morgan fingerprint density at radius 1 is 0.933 bits per heavy atom. The van der Waals surface area contributed by atoms with Crippen LogP contribution in [0.2, 0.25) is 0 Å². The predicted octanol–water partition coefficient (Wildman–Crippen LogP) is 3.26. The van der Waals surface area contributed by atoms with Crippen LogP contribution >= 0.6 is 30.4 Å². The van der Waals surface area contributed by atoms with Gasteiger partial charge in [0.2, 0.25) is 0 Å². The van der Waals surface area contributed by atoms with Gasteiger partial charge in [0.15, 0.2) is 0 Å². The van der Waals surface area contributed by atoms with Gasteiger partial charge in [0.25, 0.3) is 0 Å². The second-order valence-electron chi connectivity index (χ2n) is 3.49. The fourth-order valence-electron chi connectivity index (χ4n) is 1.26. The largest absolute Gasteiger partial charge is 0.469 e. The van der Waals surface area contributed by atoms with Gasteiger partial charge in [-0.1, -0.05) is 54.7 Å². The summed E-state index contributed by atoms with van der Waals surface area (Å²) in [6.07, 6.45) is 7.92. The zero-order valence-corrected chi connectivity index (χ0v) is 12.0. The van der Waals surface area contributed by atoms with Crippen molar-refractivity contribution in [3.63, 3.8) is 0 Å². The van der Waals surface area contributed by atoms with Crippen LogP contribution in [0.5, 0.6) is 0 Å². The van der Waals surface area contributed by atoms with Crippen LogP contribution < -0.4 is 0 Å². The lowest BCUT2D eigenvalue weighted by Gasteiger charge is -2.04. The van der Waals surface area contributed by atoms with Crippen LogP contribution in [-0.2, 0) is 9.09 Å². The maximum Gasteiger partial charge on any atom is 0.469 e. The van der Waals surface area contributed by atoms with Gasteiger partial charge in [0.1, 0.15) is 0 Å². The van der Waals surface area contributed by atoms with Gasteiger partial charge in [-0.15, -0.1) is 0 Å². The molecule has 0 amide bonds. The third-order valence-corrected chi connectivity index (χ3v) is 3.32. The highest BCUT2D eigenvalue weighted by Crippen LogP contribution is 2.35. The summed E-state index contributed by atoms with van der Waals surface area (Å²) in [6, 6.07) is 0. The summed E-state index contributed by atoms with van der Waals surface area (Å²) >= 11 is 2.38. The lowest BCUT2D eigenvalue weighted by Crippen LogP contribution is -1.92. The highest BCUT2D eigenvalue weighted by atomic mass is 127. The summed E-state index contributed by atoms with van der Waals surface area (Å²) in [7, 11) is -4.24. The topological polar surface area (TPSA) is 66.8 Å². The Morgan fingerprint density at radius 2 is 1.40 bits per heavy atom. The lowest BCUT2D eigenvalue weighted by molar-refractivity contribution is 0.193. The van der Waals surface area contributed by atoms with Crippen molar-refractivity contribution in [2.24, 2.45) is 0 Å². The first kappa shape index (κ1) is 15.8. The molecule has 0 aromatic carbocycles. The average Bonchev–Trinajstić information content (AvgIpc) is 2.14. The van der Waals surface area contributed by atoms with Crippen molar-refractivity contribution in [2.75, 3.05) is 11.0 Å². The van der Waals surface area contributed by atoms with E-state index in [1.54, 1.807) is 0 Å². The Labute approximate surface area is 105 Å². The summed E-state index contributed by atoms with van der Waals surface area (Å²) in [5.74, 6) is 0. The Balaban J connectivity index is 3.02. The van der Waals surface area contributed by atoms with E-state index in [4.69, 9.17) is 9.79 Å². The first-order valence-electron chi connectivity index (χ1n) is 5.32. The summed E-state index contributed by atoms with van der Waals surface area (Å²) in [4.78, 5) is 16.8. The van der Waals surface area contributed by atoms with Gasteiger partial charge in [-0.25, -0.2) is 4.57 Å². The molecule has 0 rings (SSSR count). The summed E-state index contributed by atoms with van der Waals surface area (Å²) < 4.78 is 15.9. The second-order valence-corrected chi connectivity index (χ2v) is 5.81. The minimum atomic E-state index is -4.24. The SMILES string of the molecule is O=P(O)(O)OCCCCCCCCCI. The van der Waals surface area contributed by atoms with Crippen LogP contribution in [0.25, 0.3) is 0 Å². The first-order valence-corrected chi connectivity index (χ1v) is 8.38. The number of phosphoric acid groups is 1. The van der Waals surface area contributed by atoms with E-state index in [1.165, 1.54) is 30.1 Å². The highest BCUT2D eigenvalue weighted by molar-refractivity contribution is 14.1. The van der Waals surface area contributed by atoms with E-state index in [2.05, 4.69) is 27.1 Å². The van der Waals surface area contributed by atoms with Crippen LogP contribution in [0, 0.1) is 0 Å². The van der Waals surface area contributed by atoms with Gasteiger partial charge in [0.05, 0.1) is 6.61 Å². The molecule has 0 atom stereocenters. The van der Waals surface area contributed by atoms with E-state index in [-0.39, 0.29) is 6.61 Å². The molecule has 15 heavy (non-hydrogen) atoms. The normalized spacial score (nSPS) is 11.9. The molecule has 0 aromatic heterocycles. The Kier molecular flexibility index (Phi) is 10.6. The van der Waals surface area contributed by atoms with Crippen LogP contribution in [0.3, 0.4) is 0 Å². The molecule has 0 heterocycles. The molecule has 0 saturated carbocycles. The molecule has 0 aliphatic carbocycles. The van der Waals surface area contributed by atoms with E-state index in [0.717, 1.165) is 19.3 Å². The van der Waals surface area contributed by atoms with Crippen molar-refractivity contribution in [1.82, 2.24) is 0 Å². The summed E-state index contributed by atoms with van der Waals surface area (Å²) in [6.45, 7) is 0.165. The lowest BCUT2D eigenvalue weighted by atomic mass is 10.1. The van der Waals surface area contributed by atoms with Crippen molar-refractivity contribution in [2.45, 2.75) is 44.9 Å². The monoisotopic (exact) mass is 350 g/mol. The van der Waals surface area contributed by atoms with Crippen LogP contribution in [-0.4, -0.2) is 20.8 Å². The van der Waals surface area contributed by atoms with Crippen molar-refractivity contribution < 1.29 is 18.9 Å². The van der Waals surface area contributed by atoms with Crippen molar-refractivity contribution in [1.29, 1.82) is 0 Å². The molecule has 0 saturated heterocycles. The molecule has 0 aliphatic rings. The quantitative estimate of drug-likeness (QED) is 0.275. The molecular weight excluding hydrogens is 330 g/mol. The van der Waals surface area contributed by atoms with Crippen LogP contribution in [0.15, 0.2) is 0 Å². The zero-order valence-electron chi connectivity index (χ0n) is 8.90. The smallest absolute Gasteiger partial charge is 0.303 e. The van der Waals surface area contributed by atoms with Crippen LogP contribution in [0.4, 0.5) is 0 Å². The maximum absolute atomic E-state index is 10.3. The van der Waals surface area contributed by atoms with Crippen molar-refractivity contribution >= 4 is 30.4 Å². The Bertz CT molecular complexity index is 183. The van der Waals surface area contributed by atoms with E-state index in [1.807, 2.05) is 0 Å². The third kappa shape index (κ3) is 14.8. The molecule has 0 aromatic rings. The zero-order chi connectivity index (χ0) is 11.6. The number of alkyl halides is 1. The molecule has 0 fully saturated rings. The molecule has 92 valence electrons. The van der Waals surface area contributed by atoms with Gasteiger partial charge >= 0.3 is 7.82 Å². The fraction of sp³-hybridized carbons (Fsp3) is 1.00. The molecule has 0 radical (unpaired) electrons. The van der Waals surface area contributed by atoms with Crippen molar-refractivity contribution in [3.8, 4) is 0 Å². The number of rotatable bonds is 10. The van der Waals surface area contributed by atoms with Gasteiger partial charge in [0, 0.05) is 0 Å². The van der Waals surface area contributed by atoms with Gasteiger partial charge in [-0.05, 0) is 17.3 Å². The molecule has 2 N–H and O–H groups in total. The van der Waals surface area contributed by atoms with Gasteiger partial charge in [-0.3, -0.25) is 4.52 Å². The number of hydrogen-bond acceptors (Lipinski definition) is 2. The average molecular weight is 350 g/mol. The minimum Gasteiger partial charge on any atom is -0.303 e. The van der Waals surface area contributed by atoms with E-state index in [0.29, 0.717) is 0 Å². The summed E-state index contributed by atoms with van der Waals surface area (Å²) in [5.41, 5.74) is 0. The molecule has 4 nitrogen and oxygen atoms in total. The molecular formula is C9H20IO4P. The highest BCUT2D eigenvalue weighted by Gasteiger charge is 2.12. The van der Waals surface area contributed by atoms with Gasteiger partial charge < -0.3 is 9.79 Å². The minimum absolute atomic E-state index is 0.165. The first-order chi connectivity index (χ1) is 7.06.